The lowest BCUT2D eigenvalue weighted by molar-refractivity contribution is -0.124. The van der Waals surface area contributed by atoms with Crippen molar-refractivity contribution < 1.29 is 14.6 Å². The van der Waals surface area contributed by atoms with E-state index in [-0.39, 0.29) is 18.6 Å². The average Bonchev–Trinajstić information content (AvgIpc) is 2.47. The fraction of sp³-hybridized carbons (Fsp3) is 0.500. The highest BCUT2D eigenvalue weighted by Crippen LogP contribution is 2.29. The van der Waals surface area contributed by atoms with Crippen molar-refractivity contribution in [1.82, 2.24) is 5.32 Å². The Hall–Kier alpha value is -1.30. The number of halogens is 1. The molecule has 2 N–H and O–H groups in total. The minimum Gasteiger partial charge on any atom is -0.392 e. The first kappa shape index (κ1) is 15.1. The van der Waals surface area contributed by atoms with Gasteiger partial charge in [-0.3, -0.25) is 4.79 Å². The van der Waals surface area contributed by atoms with Crippen LogP contribution < -0.4 is 10.2 Å². The third-order valence-corrected chi connectivity index (χ3v) is 3.59. The van der Waals surface area contributed by atoms with E-state index in [1.54, 1.807) is 6.07 Å². The minimum absolute atomic E-state index is 0.0527. The summed E-state index contributed by atoms with van der Waals surface area (Å²) in [6, 6.07) is 5.00. The van der Waals surface area contributed by atoms with Crippen molar-refractivity contribution in [2.45, 2.75) is 19.6 Å². The maximum Gasteiger partial charge on any atom is 0.245 e. The van der Waals surface area contributed by atoms with Crippen molar-refractivity contribution in [1.29, 1.82) is 0 Å². The number of nitrogens with zero attached hydrogens (tertiary/aromatic N) is 1. The maximum absolute atomic E-state index is 12.1. The smallest absolute Gasteiger partial charge is 0.245 e. The molecule has 1 aromatic carbocycles. The van der Waals surface area contributed by atoms with Crippen molar-refractivity contribution >= 4 is 23.2 Å². The first-order valence-corrected chi connectivity index (χ1v) is 7.06. The lowest BCUT2D eigenvalue weighted by atomic mass is 10.1. The fourth-order valence-corrected chi connectivity index (χ4v) is 2.59. The number of benzene rings is 1. The molecule has 1 fully saturated rings. The number of carbonyl (C=O) groups excluding carboxylic acids is 1. The highest BCUT2D eigenvalue weighted by Gasteiger charge is 2.30. The van der Waals surface area contributed by atoms with Gasteiger partial charge in [-0.05, 0) is 24.6 Å². The van der Waals surface area contributed by atoms with E-state index in [4.69, 9.17) is 21.4 Å². The molecule has 0 saturated carbocycles. The number of hydrogen-bond donors (Lipinski definition) is 2. The van der Waals surface area contributed by atoms with E-state index in [1.807, 2.05) is 24.0 Å². The average molecular weight is 299 g/mol. The Bertz CT molecular complexity index is 481. The van der Waals surface area contributed by atoms with Gasteiger partial charge in [-0.1, -0.05) is 17.7 Å². The van der Waals surface area contributed by atoms with Gasteiger partial charge in [0.25, 0.3) is 0 Å². The van der Waals surface area contributed by atoms with E-state index in [2.05, 4.69) is 5.32 Å². The molecule has 0 aromatic heterocycles. The Balaban J connectivity index is 2.25. The number of likely N-dealkylation sites (N-methyl/N-ethyl adjacent to an activating group) is 1. The van der Waals surface area contributed by atoms with Gasteiger partial charge in [-0.25, -0.2) is 0 Å². The summed E-state index contributed by atoms with van der Waals surface area (Å²) in [7, 11) is 0. The number of anilines is 1. The van der Waals surface area contributed by atoms with Crippen LogP contribution in [0.25, 0.3) is 0 Å². The number of ether oxygens (including phenoxy) is 1. The molecule has 1 heterocycles. The zero-order valence-electron chi connectivity index (χ0n) is 11.4. The highest BCUT2D eigenvalue weighted by atomic mass is 35.5. The van der Waals surface area contributed by atoms with Crippen LogP contribution >= 0.6 is 11.6 Å². The number of hydrogen-bond acceptors (Lipinski definition) is 4. The second kappa shape index (κ2) is 6.92. The van der Waals surface area contributed by atoms with Crippen LogP contribution in [0.3, 0.4) is 0 Å². The van der Waals surface area contributed by atoms with Gasteiger partial charge in [0.1, 0.15) is 6.04 Å². The van der Waals surface area contributed by atoms with Crippen LogP contribution in [0.1, 0.15) is 12.5 Å². The molecule has 5 nitrogen and oxygen atoms in total. The number of carbonyl (C=O) groups is 1. The van der Waals surface area contributed by atoms with Gasteiger partial charge in [0.2, 0.25) is 5.91 Å². The minimum atomic E-state index is -0.374. The summed E-state index contributed by atoms with van der Waals surface area (Å²) in [6.45, 7) is 3.94. The molecular formula is C14H19ClN2O3. The first-order valence-electron chi connectivity index (χ1n) is 6.68. The second-order valence-corrected chi connectivity index (χ2v) is 5.03. The number of morpholine rings is 1. The zero-order chi connectivity index (χ0) is 14.5. The van der Waals surface area contributed by atoms with Gasteiger partial charge in [-0.15, -0.1) is 0 Å². The molecule has 1 amide bonds. The Kier molecular flexibility index (Phi) is 5.23. The normalized spacial score (nSPS) is 18.9. The quantitative estimate of drug-likeness (QED) is 0.876. The molecule has 1 unspecified atom stereocenters. The number of aliphatic hydroxyl groups excluding tert-OH is 1. The van der Waals surface area contributed by atoms with E-state index in [0.29, 0.717) is 31.3 Å². The molecular weight excluding hydrogens is 280 g/mol. The number of aliphatic hydroxyl groups is 1. The third kappa shape index (κ3) is 3.23. The molecule has 20 heavy (non-hydrogen) atoms. The van der Waals surface area contributed by atoms with Gasteiger partial charge < -0.3 is 20.1 Å². The van der Waals surface area contributed by atoms with Crippen LogP contribution in [0, 0.1) is 0 Å². The predicted octanol–water partition coefficient (Wildman–Crippen LogP) is 1.17. The van der Waals surface area contributed by atoms with E-state index in [9.17, 15) is 4.79 Å². The van der Waals surface area contributed by atoms with Crippen molar-refractivity contribution in [3.63, 3.8) is 0 Å². The third-order valence-electron chi connectivity index (χ3n) is 3.29. The number of amides is 1. The molecule has 1 saturated heterocycles. The van der Waals surface area contributed by atoms with Crippen LogP contribution in [0.2, 0.25) is 5.02 Å². The van der Waals surface area contributed by atoms with Crippen molar-refractivity contribution in [3.8, 4) is 0 Å². The van der Waals surface area contributed by atoms with Crippen LogP contribution in [0.5, 0.6) is 0 Å². The molecule has 1 aliphatic heterocycles. The Morgan fingerprint density at radius 2 is 2.40 bits per heavy atom. The van der Waals surface area contributed by atoms with Gasteiger partial charge in [-0.2, -0.15) is 0 Å². The molecule has 2 rings (SSSR count). The Morgan fingerprint density at radius 1 is 1.60 bits per heavy atom. The molecule has 1 aliphatic rings. The van der Waals surface area contributed by atoms with Crippen LogP contribution in [0.4, 0.5) is 5.69 Å². The zero-order valence-corrected chi connectivity index (χ0v) is 12.2. The van der Waals surface area contributed by atoms with E-state index in [1.165, 1.54) is 0 Å². The van der Waals surface area contributed by atoms with Crippen LogP contribution in [-0.2, 0) is 16.1 Å². The standard InChI is InChI=1S/C14H19ClN2O3/c1-2-16-14(19)13-9-20-6-5-17(13)12-4-3-10(8-18)7-11(12)15/h3-4,7,13,18H,2,5-6,8-9H2,1H3,(H,16,19). The van der Waals surface area contributed by atoms with Crippen LogP contribution in [0.15, 0.2) is 18.2 Å². The highest BCUT2D eigenvalue weighted by molar-refractivity contribution is 6.33. The summed E-state index contributed by atoms with van der Waals surface area (Å²) in [6.07, 6.45) is 0. The molecule has 1 atom stereocenters. The molecule has 0 radical (unpaired) electrons. The summed E-state index contributed by atoms with van der Waals surface area (Å²) < 4.78 is 5.40. The van der Waals surface area contributed by atoms with Crippen molar-refractivity contribution in [2.24, 2.45) is 0 Å². The predicted molar refractivity (Wildman–Crippen MR) is 78.0 cm³/mol. The molecule has 1 aromatic rings. The van der Waals surface area contributed by atoms with Crippen molar-refractivity contribution in [2.75, 3.05) is 31.2 Å². The molecule has 0 bridgehead atoms. The number of nitrogens with one attached hydrogen (secondary N) is 1. The van der Waals surface area contributed by atoms with Crippen LogP contribution in [-0.4, -0.2) is 43.4 Å². The maximum atomic E-state index is 12.1. The van der Waals surface area contributed by atoms with Gasteiger partial charge in [0.15, 0.2) is 0 Å². The lowest BCUT2D eigenvalue weighted by Gasteiger charge is -2.36. The van der Waals surface area contributed by atoms with Gasteiger partial charge >= 0.3 is 0 Å². The summed E-state index contributed by atoms with van der Waals surface area (Å²) in [5.74, 6) is -0.0606. The van der Waals surface area contributed by atoms with E-state index in [0.717, 1.165) is 11.3 Å². The fourth-order valence-electron chi connectivity index (χ4n) is 2.28. The van der Waals surface area contributed by atoms with E-state index < -0.39 is 0 Å². The lowest BCUT2D eigenvalue weighted by Crippen LogP contribution is -2.54. The number of rotatable bonds is 4. The largest absolute Gasteiger partial charge is 0.392 e. The van der Waals surface area contributed by atoms with E-state index >= 15 is 0 Å². The first-order chi connectivity index (χ1) is 9.67. The molecule has 0 aliphatic carbocycles. The Morgan fingerprint density at radius 3 is 3.05 bits per heavy atom. The summed E-state index contributed by atoms with van der Waals surface area (Å²) in [5.41, 5.74) is 1.55. The molecule has 0 spiro atoms. The monoisotopic (exact) mass is 298 g/mol. The van der Waals surface area contributed by atoms with Gasteiger partial charge in [0, 0.05) is 13.1 Å². The second-order valence-electron chi connectivity index (χ2n) is 4.62. The topological polar surface area (TPSA) is 61.8 Å². The summed E-state index contributed by atoms with van der Waals surface area (Å²) >= 11 is 6.26. The summed E-state index contributed by atoms with van der Waals surface area (Å²) in [5, 5.41) is 12.5. The molecule has 110 valence electrons. The SMILES string of the molecule is CCNC(=O)C1COCCN1c1ccc(CO)cc1Cl. The van der Waals surface area contributed by atoms with Crippen molar-refractivity contribution in [3.05, 3.63) is 28.8 Å². The summed E-state index contributed by atoms with van der Waals surface area (Å²) in [4.78, 5) is 14.1. The Labute approximate surface area is 123 Å². The van der Waals surface area contributed by atoms with Gasteiger partial charge in [0.05, 0.1) is 30.5 Å². The molecule has 6 heteroatoms.